The van der Waals surface area contributed by atoms with Crippen LogP contribution >= 0.6 is 0 Å². The molecule has 3 unspecified atom stereocenters. The van der Waals surface area contributed by atoms with Crippen molar-refractivity contribution in [1.82, 2.24) is 28.7 Å². The minimum absolute atomic E-state index is 0.208. The van der Waals surface area contributed by atoms with Crippen LogP contribution in [0.2, 0.25) is 0 Å². The van der Waals surface area contributed by atoms with Gasteiger partial charge in [-0.25, -0.2) is 14.4 Å². The number of aliphatic hydroxyl groups excluding tert-OH is 2. The molecular weight excluding hydrogens is 728 g/mol. The molecule has 9 atom stereocenters. The van der Waals surface area contributed by atoms with E-state index in [-0.39, 0.29) is 31.3 Å². The van der Waals surface area contributed by atoms with E-state index >= 15 is 0 Å². The third-order valence-electron chi connectivity index (χ3n) is 9.37. The molecule has 6 heterocycles. The fraction of sp³-hybridized carbons (Fsp3) is 0.625. The smallest absolute Gasteiger partial charge is 0.330 e. The lowest BCUT2D eigenvalue weighted by molar-refractivity contribution is -0.0271. The lowest BCUT2D eigenvalue weighted by Crippen LogP contribution is -2.33. The zero-order valence-corrected chi connectivity index (χ0v) is 30.8. The highest BCUT2D eigenvalue weighted by molar-refractivity contribution is 5.04. The van der Waals surface area contributed by atoms with E-state index in [4.69, 9.17) is 30.4 Å². The SMILES string of the molecule is CC[C@@H]1O[C@H](n2cc(C)c(=O)[nH]c2=O)CC1N=[N+]=[N-].CC[C@@H]1O[C@H](n2cc(C)c(=O)[nH]c2=O)CC1O.Cc1cn([C@@H]2CC(N=[N+]=[N-])[C@H](CO)O2)c(=O)[nH]c1=O. The average Bonchev–Trinajstić information content (AvgIpc) is 3.86. The number of aryl methyl sites for hydroxylation is 3. The molecule has 3 aromatic rings. The summed E-state index contributed by atoms with van der Waals surface area (Å²) in [5.41, 5.74) is 15.3. The van der Waals surface area contributed by atoms with Crippen molar-refractivity contribution in [3.63, 3.8) is 0 Å². The maximum absolute atomic E-state index is 11.8. The van der Waals surface area contributed by atoms with Gasteiger partial charge >= 0.3 is 17.1 Å². The average molecular weight is 773 g/mol. The second kappa shape index (κ2) is 18.7. The molecule has 0 aliphatic carbocycles. The number of aromatic nitrogens is 6. The maximum Gasteiger partial charge on any atom is 0.330 e. The number of aromatic amines is 3. The van der Waals surface area contributed by atoms with Gasteiger partial charge in [0.1, 0.15) is 18.7 Å². The van der Waals surface area contributed by atoms with Gasteiger partial charge in [0.2, 0.25) is 0 Å². The van der Waals surface area contributed by atoms with E-state index in [1.165, 1.54) is 32.3 Å². The molecule has 3 fully saturated rings. The fourth-order valence-electron chi connectivity index (χ4n) is 6.33. The second-order valence-electron chi connectivity index (χ2n) is 13.1. The van der Waals surface area contributed by atoms with Crippen LogP contribution in [0.1, 0.15) is 81.3 Å². The van der Waals surface area contributed by atoms with Gasteiger partial charge in [-0.05, 0) is 44.7 Å². The van der Waals surface area contributed by atoms with Gasteiger partial charge < -0.3 is 24.4 Å². The van der Waals surface area contributed by atoms with Crippen LogP contribution in [0, 0.1) is 20.8 Å². The first-order chi connectivity index (χ1) is 26.1. The molecule has 3 aliphatic rings. The van der Waals surface area contributed by atoms with Crippen molar-refractivity contribution in [3.05, 3.63) is 119 Å². The minimum atomic E-state index is -0.671. The van der Waals surface area contributed by atoms with Crippen LogP contribution in [-0.4, -0.2) is 82.0 Å². The Morgan fingerprint density at radius 3 is 1.35 bits per heavy atom. The highest BCUT2D eigenvalue weighted by atomic mass is 16.5. The molecular formula is C32H44N12O11. The van der Waals surface area contributed by atoms with Crippen LogP contribution in [0.15, 0.2) is 57.6 Å². The first-order valence-electron chi connectivity index (χ1n) is 17.5. The van der Waals surface area contributed by atoms with Crippen molar-refractivity contribution < 1.29 is 24.4 Å². The fourth-order valence-corrected chi connectivity index (χ4v) is 6.33. The van der Waals surface area contributed by atoms with Gasteiger partial charge in [-0.15, -0.1) is 0 Å². The van der Waals surface area contributed by atoms with Gasteiger partial charge in [0.15, 0.2) is 0 Å². The summed E-state index contributed by atoms with van der Waals surface area (Å²) in [4.78, 5) is 81.0. The topological polar surface area (TPSA) is 330 Å². The number of H-pyrrole nitrogens is 3. The molecule has 298 valence electrons. The normalized spacial score (nSPS) is 26.9. The Morgan fingerprint density at radius 1 is 0.655 bits per heavy atom. The van der Waals surface area contributed by atoms with E-state index in [2.05, 4.69) is 35.0 Å². The molecule has 0 bridgehead atoms. The Morgan fingerprint density at radius 2 is 1.00 bits per heavy atom. The second-order valence-corrected chi connectivity index (χ2v) is 13.1. The molecule has 23 heteroatoms. The highest BCUT2D eigenvalue weighted by Crippen LogP contribution is 2.32. The summed E-state index contributed by atoms with van der Waals surface area (Å²) in [6.45, 7) is 8.34. The Hall–Kier alpha value is -5.54. The number of hydrogen-bond donors (Lipinski definition) is 5. The third-order valence-corrected chi connectivity index (χ3v) is 9.37. The summed E-state index contributed by atoms with van der Waals surface area (Å²) in [5.74, 6) is 0. The summed E-state index contributed by atoms with van der Waals surface area (Å²) in [6, 6.07) is -0.835. The predicted molar refractivity (Wildman–Crippen MR) is 193 cm³/mol. The van der Waals surface area contributed by atoms with Crippen LogP contribution < -0.4 is 33.7 Å². The first kappa shape index (κ1) is 42.2. The summed E-state index contributed by atoms with van der Waals surface area (Å²) in [5, 5.41) is 26.1. The lowest BCUT2D eigenvalue weighted by Gasteiger charge is -2.15. The molecule has 23 nitrogen and oxygen atoms in total. The number of rotatable bonds is 8. The molecule has 6 rings (SSSR count). The Kier molecular flexibility index (Phi) is 14.3. The van der Waals surface area contributed by atoms with Crippen molar-refractivity contribution in [1.29, 1.82) is 0 Å². The zero-order valence-electron chi connectivity index (χ0n) is 30.8. The highest BCUT2D eigenvalue weighted by Gasteiger charge is 2.37. The van der Waals surface area contributed by atoms with Crippen molar-refractivity contribution in [3.8, 4) is 0 Å². The largest absolute Gasteiger partial charge is 0.394 e. The molecule has 0 amide bonds. The van der Waals surface area contributed by atoms with Crippen molar-refractivity contribution in [2.45, 2.75) is 122 Å². The van der Waals surface area contributed by atoms with Gasteiger partial charge in [-0.2, -0.15) is 0 Å². The zero-order chi connectivity index (χ0) is 40.6. The number of nitrogens with one attached hydrogen (secondary N) is 3. The molecule has 3 aromatic heterocycles. The minimum Gasteiger partial charge on any atom is -0.394 e. The monoisotopic (exact) mass is 772 g/mol. The Labute approximate surface area is 310 Å². The molecule has 0 aromatic carbocycles. The number of azide groups is 2. The van der Waals surface area contributed by atoms with E-state index in [1.54, 1.807) is 20.8 Å². The number of ether oxygens (including phenoxy) is 3. The maximum atomic E-state index is 11.8. The Bertz CT molecular complexity index is 2170. The van der Waals surface area contributed by atoms with E-state index < -0.39 is 70.7 Å². The molecule has 5 N–H and O–H groups in total. The summed E-state index contributed by atoms with van der Waals surface area (Å²) in [7, 11) is 0. The summed E-state index contributed by atoms with van der Waals surface area (Å²) in [6.07, 6.45) is 3.40. The van der Waals surface area contributed by atoms with Crippen LogP contribution in [-0.2, 0) is 14.2 Å². The standard InChI is InChI=1S/C11H15N5O3.C11H16N2O4.C10H13N5O4/c1-3-8-7(14-15-12)4-9(19-8)16-5-6(2)10(17)13-11(16)18;1-3-8-7(14)4-9(17-8)13-5-6(2)10(15)12-11(13)16;1-5-3-15(10(18)12-9(5)17)8-2-6(13-14-11)7(4-16)19-8/h5,7-9H,3-4H2,1-2H3,(H,13,17,18);5,7-9,14H,3-4H2,1-2H3,(H,12,15,16);3,6-8,16H,2,4H2,1H3,(H,12,17,18)/t2*7?,8-,9-;6?,7-,8-/m000/s1. The first-order valence-corrected chi connectivity index (χ1v) is 17.5. The van der Waals surface area contributed by atoms with E-state index in [0.717, 1.165) is 0 Å². The van der Waals surface area contributed by atoms with Crippen LogP contribution in [0.3, 0.4) is 0 Å². The Balaban J connectivity index is 0.000000184. The molecule has 0 radical (unpaired) electrons. The quantitative estimate of drug-likeness (QED) is 0.122. The number of nitrogens with zero attached hydrogens (tertiary/aromatic N) is 9. The third kappa shape index (κ3) is 9.96. The van der Waals surface area contributed by atoms with Gasteiger partial charge in [-0.1, -0.05) is 24.1 Å². The molecule has 0 spiro atoms. The lowest BCUT2D eigenvalue weighted by atomic mass is 10.1. The molecule has 55 heavy (non-hydrogen) atoms. The summed E-state index contributed by atoms with van der Waals surface area (Å²) >= 11 is 0. The van der Waals surface area contributed by atoms with Crippen molar-refractivity contribution >= 4 is 0 Å². The summed E-state index contributed by atoms with van der Waals surface area (Å²) < 4.78 is 20.6. The van der Waals surface area contributed by atoms with E-state index in [1.807, 2.05) is 13.8 Å². The number of aliphatic hydroxyl groups is 2. The van der Waals surface area contributed by atoms with Gasteiger partial charge in [-0.3, -0.25) is 43.0 Å². The van der Waals surface area contributed by atoms with E-state index in [0.29, 0.717) is 42.4 Å². The van der Waals surface area contributed by atoms with Gasteiger partial charge in [0.25, 0.3) is 16.7 Å². The van der Waals surface area contributed by atoms with E-state index in [9.17, 15) is 33.9 Å². The van der Waals surface area contributed by atoms with Crippen molar-refractivity contribution in [2.24, 2.45) is 10.2 Å². The van der Waals surface area contributed by atoms with Crippen molar-refractivity contribution in [2.75, 3.05) is 6.61 Å². The molecule has 3 aliphatic heterocycles. The predicted octanol–water partition coefficient (Wildman–Crippen LogP) is 0.929. The molecule has 0 saturated carbocycles. The van der Waals surface area contributed by atoms with Gasteiger partial charge in [0.05, 0.1) is 43.1 Å². The number of hydrogen-bond acceptors (Lipinski definition) is 13. The van der Waals surface area contributed by atoms with Crippen LogP contribution in [0.4, 0.5) is 0 Å². The molecule has 3 saturated heterocycles. The van der Waals surface area contributed by atoms with Gasteiger partial charge in [0, 0.05) is 64.4 Å². The van der Waals surface area contributed by atoms with Crippen LogP contribution in [0.5, 0.6) is 0 Å². The van der Waals surface area contributed by atoms with Crippen LogP contribution in [0.25, 0.3) is 20.9 Å².